The summed E-state index contributed by atoms with van der Waals surface area (Å²) in [5, 5.41) is 12.1. The van der Waals surface area contributed by atoms with Crippen LogP contribution in [0.5, 0.6) is 5.75 Å². The van der Waals surface area contributed by atoms with Gasteiger partial charge >= 0.3 is 5.97 Å². The van der Waals surface area contributed by atoms with Gasteiger partial charge in [-0.2, -0.15) is 0 Å². The Bertz CT molecular complexity index is 882. The molecule has 3 aliphatic rings. The summed E-state index contributed by atoms with van der Waals surface area (Å²) in [4.78, 5) is 14.6. The third-order valence-corrected chi connectivity index (χ3v) is 7.01. The number of methoxy groups -OCH3 is 2. The molecule has 2 aromatic rings. The van der Waals surface area contributed by atoms with Gasteiger partial charge in [0.05, 0.1) is 19.8 Å². The normalized spacial score (nSPS) is 24.8. The molecule has 2 bridgehead atoms. The standard InChI is InChI=1S/C25H31NO4.H2/c1-29-23-9-8-18(16-21(23)24(27)30-2)10-13-25(28,20-6-4-3-5-7-20)22-17-26-14-11-19(22)12-15-26;/h3-9,16,19,22,28H,10-15,17H2,1-2H3;1H. The van der Waals surface area contributed by atoms with Gasteiger partial charge in [-0.1, -0.05) is 36.4 Å². The molecule has 162 valence electrons. The second kappa shape index (κ2) is 8.78. The molecule has 1 N–H and O–H groups in total. The van der Waals surface area contributed by atoms with Gasteiger partial charge in [-0.25, -0.2) is 4.79 Å². The maximum absolute atomic E-state index is 12.1. The SMILES string of the molecule is COC(=O)c1cc(CCC(O)(c2ccccc2)C2CN3CCC2CC3)ccc1OC.[HH]. The molecular formula is C25H33NO4. The summed E-state index contributed by atoms with van der Waals surface area (Å²) < 4.78 is 10.2. The number of esters is 1. The number of nitrogens with zero attached hydrogens (tertiary/aromatic N) is 1. The van der Waals surface area contributed by atoms with Crippen LogP contribution in [0.3, 0.4) is 0 Å². The first-order valence-electron chi connectivity index (χ1n) is 10.8. The lowest BCUT2D eigenvalue weighted by Crippen LogP contribution is -2.55. The van der Waals surface area contributed by atoms with Crippen LogP contribution in [0.2, 0.25) is 0 Å². The summed E-state index contributed by atoms with van der Waals surface area (Å²) in [6.07, 6.45) is 3.60. The Kier molecular flexibility index (Phi) is 6.11. The van der Waals surface area contributed by atoms with Crippen LogP contribution in [-0.4, -0.2) is 49.8 Å². The third kappa shape index (κ3) is 3.96. The molecule has 0 amide bonds. The molecule has 0 aliphatic carbocycles. The fraction of sp³-hybridized carbons (Fsp3) is 0.480. The van der Waals surface area contributed by atoms with Gasteiger partial charge in [-0.05, 0) is 68.0 Å². The van der Waals surface area contributed by atoms with E-state index < -0.39 is 11.6 Å². The molecule has 3 heterocycles. The number of aliphatic hydroxyl groups is 1. The van der Waals surface area contributed by atoms with Crippen molar-refractivity contribution >= 4 is 5.97 Å². The van der Waals surface area contributed by atoms with Gasteiger partial charge in [0.2, 0.25) is 0 Å². The van der Waals surface area contributed by atoms with E-state index in [2.05, 4.69) is 4.90 Å². The lowest BCUT2D eigenvalue weighted by Gasteiger charge is -2.51. The first-order chi connectivity index (χ1) is 14.5. The van der Waals surface area contributed by atoms with Crippen LogP contribution in [-0.2, 0) is 16.8 Å². The fourth-order valence-corrected chi connectivity index (χ4v) is 5.29. The molecule has 3 saturated heterocycles. The summed E-state index contributed by atoms with van der Waals surface area (Å²) >= 11 is 0. The van der Waals surface area contributed by atoms with Crippen molar-refractivity contribution in [2.45, 2.75) is 31.3 Å². The van der Waals surface area contributed by atoms with Crippen molar-refractivity contribution < 1.29 is 20.8 Å². The van der Waals surface area contributed by atoms with Gasteiger partial charge in [0.25, 0.3) is 0 Å². The van der Waals surface area contributed by atoms with Gasteiger partial charge in [0, 0.05) is 13.9 Å². The molecular weight excluding hydrogens is 378 g/mol. The summed E-state index contributed by atoms with van der Waals surface area (Å²) in [6, 6.07) is 15.7. The zero-order valence-corrected chi connectivity index (χ0v) is 17.8. The van der Waals surface area contributed by atoms with E-state index in [9.17, 15) is 9.90 Å². The Balaban J connectivity index is 0.00000272. The monoisotopic (exact) mass is 411 g/mol. The third-order valence-electron chi connectivity index (χ3n) is 7.01. The quantitative estimate of drug-likeness (QED) is 0.701. The first-order valence-corrected chi connectivity index (χ1v) is 10.8. The highest BCUT2D eigenvalue weighted by molar-refractivity contribution is 5.92. The van der Waals surface area contributed by atoms with Crippen molar-refractivity contribution in [3.63, 3.8) is 0 Å². The van der Waals surface area contributed by atoms with Gasteiger partial charge < -0.3 is 19.5 Å². The summed E-state index contributed by atoms with van der Waals surface area (Å²) in [7, 11) is 2.92. The zero-order chi connectivity index (χ0) is 21.1. The molecule has 3 fully saturated rings. The Hall–Kier alpha value is -2.37. The molecule has 0 spiro atoms. The van der Waals surface area contributed by atoms with Crippen LogP contribution < -0.4 is 4.74 Å². The number of benzene rings is 2. The van der Waals surface area contributed by atoms with Crippen molar-refractivity contribution in [3.8, 4) is 5.75 Å². The molecule has 5 heteroatoms. The molecule has 5 rings (SSSR count). The van der Waals surface area contributed by atoms with Gasteiger partial charge in [0.15, 0.2) is 0 Å². The van der Waals surface area contributed by atoms with Gasteiger partial charge in [-0.3, -0.25) is 0 Å². The topological polar surface area (TPSA) is 59.0 Å². The highest BCUT2D eigenvalue weighted by Crippen LogP contribution is 2.45. The van der Waals surface area contributed by atoms with Crippen molar-refractivity contribution in [2.75, 3.05) is 33.9 Å². The van der Waals surface area contributed by atoms with E-state index in [1.165, 1.54) is 7.11 Å². The lowest BCUT2D eigenvalue weighted by atomic mass is 9.66. The molecule has 0 saturated carbocycles. The summed E-state index contributed by atoms with van der Waals surface area (Å²) in [6.45, 7) is 3.24. The van der Waals surface area contributed by atoms with E-state index >= 15 is 0 Å². The molecule has 2 atom stereocenters. The highest BCUT2D eigenvalue weighted by Gasteiger charge is 2.47. The zero-order valence-electron chi connectivity index (χ0n) is 17.8. The van der Waals surface area contributed by atoms with Gasteiger partial charge in [-0.15, -0.1) is 0 Å². The molecule has 30 heavy (non-hydrogen) atoms. The Morgan fingerprint density at radius 2 is 1.90 bits per heavy atom. The van der Waals surface area contributed by atoms with Crippen molar-refractivity contribution in [2.24, 2.45) is 11.8 Å². The molecule has 3 aliphatic heterocycles. The number of carbonyl (C=O) groups is 1. The number of fused-ring (bicyclic) bond motifs is 3. The fourth-order valence-electron chi connectivity index (χ4n) is 5.29. The van der Waals surface area contributed by atoms with Crippen LogP contribution in [0.4, 0.5) is 0 Å². The van der Waals surface area contributed by atoms with E-state index in [1.807, 2.05) is 42.5 Å². The second-order valence-corrected chi connectivity index (χ2v) is 8.56. The molecule has 0 radical (unpaired) electrons. The van der Waals surface area contributed by atoms with Gasteiger partial charge in [0.1, 0.15) is 11.3 Å². The number of carbonyl (C=O) groups excluding carboxylic acids is 1. The minimum atomic E-state index is -0.892. The smallest absolute Gasteiger partial charge is 0.341 e. The number of rotatable bonds is 7. The highest BCUT2D eigenvalue weighted by atomic mass is 16.5. The summed E-state index contributed by atoms with van der Waals surface area (Å²) in [5.74, 6) is 0.869. The van der Waals surface area contributed by atoms with Crippen molar-refractivity contribution in [1.29, 1.82) is 0 Å². The number of aryl methyl sites for hydroxylation is 1. The molecule has 5 nitrogen and oxygen atoms in total. The van der Waals surface area contributed by atoms with Crippen LogP contribution in [0.25, 0.3) is 0 Å². The largest absolute Gasteiger partial charge is 0.496 e. The molecule has 0 aromatic heterocycles. The van der Waals surface area contributed by atoms with E-state index in [0.29, 0.717) is 30.1 Å². The molecule has 2 unspecified atom stereocenters. The van der Waals surface area contributed by atoms with Crippen LogP contribution in [0.1, 0.15) is 42.2 Å². The maximum Gasteiger partial charge on any atom is 0.341 e. The predicted octanol–water partition coefficient (Wildman–Crippen LogP) is 3.89. The molecule has 2 aromatic carbocycles. The van der Waals surface area contributed by atoms with Crippen molar-refractivity contribution in [1.82, 2.24) is 4.90 Å². The second-order valence-electron chi connectivity index (χ2n) is 8.56. The lowest BCUT2D eigenvalue weighted by molar-refractivity contribution is -0.106. The van der Waals surface area contributed by atoms with E-state index in [1.54, 1.807) is 13.2 Å². The Morgan fingerprint density at radius 1 is 1.17 bits per heavy atom. The average Bonchev–Trinajstić information content (AvgIpc) is 2.83. The van der Waals surface area contributed by atoms with E-state index in [-0.39, 0.29) is 7.34 Å². The predicted molar refractivity (Wildman–Crippen MR) is 118 cm³/mol. The number of piperidine rings is 3. The average molecular weight is 412 g/mol. The van der Waals surface area contributed by atoms with Crippen molar-refractivity contribution in [3.05, 3.63) is 65.2 Å². The Morgan fingerprint density at radius 3 is 2.50 bits per heavy atom. The first kappa shape index (κ1) is 20.9. The van der Waals surface area contributed by atoms with Crippen LogP contribution >= 0.6 is 0 Å². The number of ether oxygens (including phenoxy) is 2. The van der Waals surface area contributed by atoms with Crippen LogP contribution in [0.15, 0.2) is 48.5 Å². The maximum atomic E-state index is 12.1. The minimum Gasteiger partial charge on any atom is -0.496 e. The van der Waals surface area contributed by atoms with Crippen LogP contribution in [0, 0.1) is 11.8 Å². The minimum absolute atomic E-state index is 0. The number of hydrogen-bond donors (Lipinski definition) is 1. The van der Waals surface area contributed by atoms with E-state index in [4.69, 9.17) is 9.47 Å². The number of hydrogen-bond acceptors (Lipinski definition) is 5. The Labute approximate surface area is 180 Å². The summed E-state index contributed by atoms with van der Waals surface area (Å²) in [5.41, 5.74) is 1.51. The van der Waals surface area contributed by atoms with E-state index in [0.717, 1.165) is 43.6 Å².